The minimum atomic E-state index is -0.415. The van der Waals surface area contributed by atoms with E-state index in [0.717, 1.165) is 18.7 Å². The molecule has 92 valence electrons. The van der Waals surface area contributed by atoms with E-state index in [0.29, 0.717) is 6.54 Å². The van der Waals surface area contributed by atoms with E-state index in [9.17, 15) is 9.59 Å². The number of nitrogens with zero attached hydrogens (tertiary/aromatic N) is 3. The Hall–Kier alpha value is -1.85. The maximum Gasteiger partial charge on any atom is 0.227 e. The summed E-state index contributed by atoms with van der Waals surface area (Å²) >= 11 is 0. The summed E-state index contributed by atoms with van der Waals surface area (Å²) in [7, 11) is 0. The van der Waals surface area contributed by atoms with Gasteiger partial charge >= 0.3 is 0 Å². The van der Waals surface area contributed by atoms with Crippen molar-refractivity contribution < 1.29 is 9.59 Å². The first-order chi connectivity index (χ1) is 8.11. The first-order valence-electron chi connectivity index (χ1n) is 5.74. The van der Waals surface area contributed by atoms with E-state index in [1.165, 1.54) is 0 Å². The molecule has 6 nitrogen and oxygen atoms in total. The number of hydrogen-bond acceptors (Lipinski definition) is 3. The monoisotopic (exact) mass is 236 g/mol. The average molecular weight is 236 g/mol. The largest absolute Gasteiger partial charge is 0.369 e. The molecule has 0 aromatic carbocycles. The molecule has 6 heteroatoms. The standard InChI is InChI=1S/C11H16N4O2/c1-2-3-14-7-9(5-13-14)15-6-8(11(12)17)4-10(15)16/h5,7-8H,2-4,6H2,1H3,(H2,12,17). The maximum absolute atomic E-state index is 11.7. The molecule has 0 saturated carbocycles. The van der Waals surface area contributed by atoms with Crippen LogP contribution in [0, 0.1) is 5.92 Å². The van der Waals surface area contributed by atoms with Gasteiger partial charge < -0.3 is 10.6 Å². The van der Waals surface area contributed by atoms with Crippen LogP contribution >= 0.6 is 0 Å². The summed E-state index contributed by atoms with van der Waals surface area (Å²) in [5.74, 6) is -0.858. The van der Waals surface area contributed by atoms with Crippen LogP contribution < -0.4 is 10.6 Å². The van der Waals surface area contributed by atoms with Crippen LogP contribution in [0.4, 0.5) is 5.69 Å². The van der Waals surface area contributed by atoms with Crippen LogP contribution in [0.2, 0.25) is 0 Å². The molecule has 0 radical (unpaired) electrons. The number of rotatable bonds is 4. The molecular formula is C11H16N4O2. The molecule has 1 atom stereocenters. The van der Waals surface area contributed by atoms with E-state index in [2.05, 4.69) is 12.0 Å². The van der Waals surface area contributed by atoms with Gasteiger partial charge in [0.15, 0.2) is 0 Å². The Morgan fingerprint density at radius 2 is 2.41 bits per heavy atom. The first-order valence-corrected chi connectivity index (χ1v) is 5.74. The zero-order valence-electron chi connectivity index (χ0n) is 9.80. The molecule has 1 aliphatic rings. The van der Waals surface area contributed by atoms with Crippen molar-refractivity contribution in [3.05, 3.63) is 12.4 Å². The first kappa shape index (κ1) is 11.6. The molecule has 2 heterocycles. The summed E-state index contributed by atoms with van der Waals surface area (Å²) in [6.45, 7) is 3.25. The minimum Gasteiger partial charge on any atom is -0.369 e. The Kier molecular flexibility index (Phi) is 3.12. The van der Waals surface area contributed by atoms with Gasteiger partial charge in [-0.1, -0.05) is 6.92 Å². The third-order valence-corrected chi connectivity index (χ3v) is 2.91. The van der Waals surface area contributed by atoms with Crippen molar-refractivity contribution in [2.45, 2.75) is 26.3 Å². The Balaban J connectivity index is 2.11. The topological polar surface area (TPSA) is 81.2 Å². The van der Waals surface area contributed by atoms with Gasteiger partial charge in [0.2, 0.25) is 11.8 Å². The minimum absolute atomic E-state index is 0.0650. The Bertz CT molecular complexity index is 440. The normalized spacial score (nSPS) is 19.9. The van der Waals surface area contributed by atoms with Crippen molar-refractivity contribution in [1.82, 2.24) is 9.78 Å². The molecule has 1 saturated heterocycles. The zero-order valence-corrected chi connectivity index (χ0v) is 9.80. The van der Waals surface area contributed by atoms with Crippen molar-refractivity contribution in [3.8, 4) is 0 Å². The van der Waals surface area contributed by atoms with Crippen LogP contribution in [0.5, 0.6) is 0 Å². The van der Waals surface area contributed by atoms with Crippen molar-refractivity contribution in [3.63, 3.8) is 0 Å². The number of hydrogen-bond donors (Lipinski definition) is 1. The molecule has 17 heavy (non-hydrogen) atoms. The number of carbonyl (C=O) groups is 2. The number of amides is 2. The van der Waals surface area contributed by atoms with Gasteiger partial charge in [-0.25, -0.2) is 0 Å². The van der Waals surface area contributed by atoms with Gasteiger partial charge in [-0.05, 0) is 6.42 Å². The van der Waals surface area contributed by atoms with Crippen LogP contribution in [0.1, 0.15) is 19.8 Å². The molecule has 1 fully saturated rings. The van der Waals surface area contributed by atoms with E-state index in [1.807, 2.05) is 6.20 Å². The molecule has 2 N–H and O–H groups in total. The Morgan fingerprint density at radius 1 is 1.65 bits per heavy atom. The van der Waals surface area contributed by atoms with E-state index >= 15 is 0 Å². The van der Waals surface area contributed by atoms with E-state index < -0.39 is 5.91 Å². The molecule has 1 aliphatic heterocycles. The van der Waals surface area contributed by atoms with Crippen LogP contribution in [-0.4, -0.2) is 28.1 Å². The molecule has 0 bridgehead atoms. The highest BCUT2D eigenvalue weighted by Crippen LogP contribution is 2.24. The number of carbonyl (C=O) groups excluding carboxylic acids is 2. The van der Waals surface area contributed by atoms with E-state index in [-0.39, 0.29) is 18.2 Å². The molecule has 2 rings (SSSR count). The van der Waals surface area contributed by atoms with Crippen LogP contribution in [0.25, 0.3) is 0 Å². The second kappa shape index (κ2) is 4.57. The third kappa shape index (κ3) is 2.30. The average Bonchev–Trinajstić information content (AvgIpc) is 2.85. The van der Waals surface area contributed by atoms with Crippen molar-refractivity contribution in [2.24, 2.45) is 11.7 Å². The van der Waals surface area contributed by atoms with Crippen molar-refractivity contribution >= 4 is 17.5 Å². The third-order valence-electron chi connectivity index (χ3n) is 2.91. The lowest BCUT2D eigenvalue weighted by Crippen LogP contribution is -2.28. The number of aryl methyl sites for hydroxylation is 1. The van der Waals surface area contributed by atoms with Gasteiger partial charge in [0.25, 0.3) is 0 Å². The quantitative estimate of drug-likeness (QED) is 0.806. The second-order valence-electron chi connectivity index (χ2n) is 4.27. The number of nitrogens with two attached hydrogens (primary N) is 1. The highest BCUT2D eigenvalue weighted by Gasteiger charge is 2.34. The van der Waals surface area contributed by atoms with E-state index in [1.54, 1.807) is 15.8 Å². The van der Waals surface area contributed by atoms with Crippen LogP contribution in [0.15, 0.2) is 12.4 Å². The van der Waals surface area contributed by atoms with Gasteiger partial charge in [-0.3, -0.25) is 14.3 Å². The second-order valence-corrected chi connectivity index (χ2v) is 4.27. The van der Waals surface area contributed by atoms with Crippen molar-refractivity contribution in [1.29, 1.82) is 0 Å². The van der Waals surface area contributed by atoms with Gasteiger partial charge in [0.05, 0.1) is 17.8 Å². The molecule has 2 amide bonds. The van der Waals surface area contributed by atoms with Crippen LogP contribution in [0.3, 0.4) is 0 Å². The van der Waals surface area contributed by atoms with Gasteiger partial charge in [0.1, 0.15) is 0 Å². The molecule has 1 aromatic rings. The lowest BCUT2D eigenvalue weighted by Gasteiger charge is -2.12. The summed E-state index contributed by atoms with van der Waals surface area (Å²) in [6, 6.07) is 0. The Labute approximate surface area is 99.4 Å². The fourth-order valence-corrected chi connectivity index (χ4v) is 1.99. The smallest absolute Gasteiger partial charge is 0.227 e. The maximum atomic E-state index is 11.7. The lowest BCUT2D eigenvalue weighted by atomic mass is 10.1. The summed E-state index contributed by atoms with van der Waals surface area (Å²) in [5.41, 5.74) is 5.96. The SMILES string of the molecule is CCCn1cc(N2CC(C(N)=O)CC2=O)cn1. The lowest BCUT2D eigenvalue weighted by molar-refractivity contribution is -0.123. The van der Waals surface area contributed by atoms with Crippen molar-refractivity contribution in [2.75, 3.05) is 11.4 Å². The summed E-state index contributed by atoms with van der Waals surface area (Å²) in [6.07, 6.45) is 4.66. The molecule has 0 aliphatic carbocycles. The summed E-state index contributed by atoms with van der Waals surface area (Å²) in [5, 5.41) is 4.16. The molecule has 0 spiro atoms. The number of anilines is 1. The highest BCUT2D eigenvalue weighted by molar-refractivity contribution is 5.99. The number of aromatic nitrogens is 2. The van der Waals surface area contributed by atoms with E-state index in [4.69, 9.17) is 5.73 Å². The molecular weight excluding hydrogens is 220 g/mol. The zero-order chi connectivity index (χ0) is 12.4. The van der Waals surface area contributed by atoms with Crippen LogP contribution in [-0.2, 0) is 16.1 Å². The predicted molar refractivity (Wildman–Crippen MR) is 62.2 cm³/mol. The predicted octanol–water partition coefficient (Wildman–Crippen LogP) is 0.131. The van der Waals surface area contributed by atoms with Gasteiger partial charge in [-0.15, -0.1) is 0 Å². The Morgan fingerprint density at radius 3 is 3.00 bits per heavy atom. The molecule has 1 unspecified atom stereocenters. The van der Waals surface area contributed by atoms with Gasteiger partial charge in [0, 0.05) is 25.7 Å². The fraction of sp³-hybridized carbons (Fsp3) is 0.545. The molecule has 1 aromatic heterocycles. The highest BCUT2D eigenvalue weighted by atomic mass is 16.2. The summed E-state index contributed by atoms with van der Waals surface area (Å²) in [4.78, 5) is 24.4. The number of primary amides is 1. The van der Waals surface area contributed by atoms with Gasteiger partial charge in [-0.2, -0.15) is 5.10 Å². The summed E-state index contributed by atoms with van der Waals surface area (Å²) < 4.78 is 1.79. The fourth-order valence-electron chi connectivity index (χ4n) is 1.99.